The van der Waals surface area contributed by atoms with Gasteiger partial charge in [-0.05, 0) is 55.8 Å². The summed E-state index contributed by atoms with van der Waals surface area (Å²) in [5, 5.41) is 0. The summed E-state index contributed by atoms with van der Waals surface area (Å²) in [5.41, 5.74) is 2.46. The molecule has 0 spiro atoms. The van der Waals surface area contributed by atoms with E-state index in [1.165, 1.54) is 23.7 Å². The highest BCUT2D eigenvalue weighted by atomic mass is 32.2. The molecule has 0 fully saturated rings. The molecule has 2 aromatic rings. The molecule has 0 unspecified atom stereocenters. The van der Waals surface area contributed by atoms with Gasteiger partial charge in [-0.15, -0.1) is 0 Å². The van der Waals surface area contributed by atoms with E-state index in [-0.39, 0.29) is 0 Å². The molecule has 210 valence electrons. The largest absolute Gasteiger partial charge is 0.747 e. The molecule has 39 heavy (non-hydrogen) atoms. The highest BCUT2D eigenvalue weighted by Gasteiger charge is 2.45. The second kappa shape index (κ2) is 9.77. The Morgan fingerprint density at radius 2 is 1.46 bits per heavy atom. The second-order valence-corrected chi connectivity index (χ2v) is 13.3. The third-order valence-corrected chi connectivity index (χ3v) is 8.43. The molecule has 0 saturated carbocycles. The SMILES string of the molecule is COc1ccc2c(c1)C(C)(C)C(=CC=CC1=[N+](CS(=O)(=O)[O-])c3ccc(OC)cc3C1(C)C)N2CS(=O)(=O)[O-]. The highest BCUT2D eigenvalue weighted by Crippen LogP contribution is 2.49. The Kier molecular flexibility index (Phi) is 7.22. The maximum absolute atomic E-state index is 11.8. The number of hydrogen-bond acceptors (Lipinski definition) is 9. The summed E-state index contributed by atoms with van der Waals surface area (Å²) in [7, 11) is -6.19. The number of rotatable bonds is 8. The molecule has 10 nitrogen and oxygen atoms in total. The Labute approximate surface area is 229 Å². The number of fused-ring (bicyclic) bond motifs is 2. The van der Waals surface area contributed by atoms with E-state index in [4.69, 9.17) is 9.47 Å². The van der Waals surface area contributed by atoms with Crippen LogP contribution in [0.3, 0.4) is 0 Å². The maximum atomic E-state index is 11.8. The van der Waals surface area contributed by atoms with Crippen molar-refractivity contribution in [1.82, 2.24) is 0 Å². The van der Waals surface area contributed by atoms with E-state index in [1.54, 1.807) is 42.5 Å². The minimum Gasteiger partial charge on any atom is -0.747 e. The molecule has 0 N–H and O–H groups in total. The summed E-state index contributed by atoms with van der Waals surface area (Å²) in [6.45, 7) is 7.64. The van der Waals surface area contributed by atoms with Crippen LogP contribution in [0, 0.1) is 0 Å². The molecule has 12 heteroatoms. The van der Waals surface area contributed by atoms with Gasteiger partial charge < -0.3 is 23.5 Å². The van der Waals surface area contributed by atoms with Crippen molar-refractivity contribution < 1.29 is 40.0 Å². The average Bonchev–Trinajstić information content (AvgIpc) is 3.15. The predicted molar refractivity (Wildman–Crippen MR) is 146 cm³/mol. The van der Waals surface area contributed by atoms with Gasteiger partial charge in [-0.3, -0.25) is 0 Å². The molecule has 0 amide bonds. The summed E-state index contributed by atoms with van der Waals surface area (Å²) < 4.78 is 83.1. The van der Waals surface area contributed by atoms with E-state index >= 15 is 0 Å². The molecule has 0 bridgehead atoms. The number of hydrogen-bond donors (Lipinski definition) is 0. The van der Waals surface area contributed by atoms with Crippen molar-refractivity contribution in [3.63, 3.8) is 0 Å². The molecule has 0 atom stereocenters. The van der Waals surface area contributed by atoms with Crippen LogP contribution in [0.5, 0.6) is 11.5 Å². The van der Waals surface area contributed by atoms with E-state index in [9.17, 15) is 25.9 Å². The molecule has 2 heterocycles. The van der Waals surface area contributed by atoms with Gasteiger partial charge in [-0.1, -0.05) is 19.9 Å². The van der Waals surface area contributed by atoms with E-state index in [0.29, 0.717) is 34.3 Å². The number of anilines is 1. The smallest absolute Gasteiger partial charge is 0.237 e. The zero-order chi connectivity index (χ0) is 29.0. The first-order chi connectivity index (χ1) is 18.0. The topological polar surface area (TPSA) is 139 Å². The van der Waals surface area contributed by atoms with Crippen LogP contribution in [0.1, 0.15) is 38.8 Å². The summed E-state index contributed by atoms with van der Waals surface area (Å²) in [6, 6.07) is 10.4. The van der Waals surface area contributed by atoms with Crippen molar-refractivity contribution in [3.8, 4) is 11.5 Å². The van der Waals surface area contributed by atoms with E-state index in [1.807, 2.05) is 39.8 Å². The first-order valence-electron chi connectivity index (χ1n) is 12.0. The number of nitrogens with zero attached hydrogens (tertiary/aromatic N) is 2. The Morgan fingerprint density at radius 3 is 2.03 bits per heavy atom. The molecular formula is C27H31N2O8S2-. The Morgan fingerprint density at radius 1 is 0.872 bits per heavy atom. The van der Waals surface area contributed by atoms with Crippen LogP contribution in [0.15, 0.2) is 60.3 Å². The van der Waals surface area contributed by atoms with E-state index in [0.717, 1.165) is 11.1 Å². The van der Waals surface area contributed by atoms with Crippen LogP contribution < -0.4 is 14.4 Å². The van der Waals surface area contributed by atoms with Gasteiger partial charge in [0.1, 0.15) is 27.5 Å². The van der Waals surface area contributed by atoms with Gasteiger partial charge in [-0.25, -0.2) is 16.8 Å². The summed E-state index contributed by atoms with van der Waals surface area (Å²) in [6.07, 6.45) is 5.08. The zero-order valence-corrected chi connectivity index (χ0v) is 24.2. The van der Waals surface area contributed by atoms with Crippen LogP contribution in [-0.4, -0.2) is 62.2 Å². The molecule has 0 saturated heterocycles. The monoisotopic (exact) mass is 575 g/mol. The highest BCUT2D eigenvalue weighted by molar-refractivity contribution is 7.85. The van der Waals surface area contributed by atoms with Crippen LogP contribution in [0.2, 0.25) is 0 Å². The third-order valence-electron chi connectivity index (χ3n) is 7.28. The standard InChI is InChI=1S/C27H32N2O8S2/c1-26(2)20-14-18(36-5)10-12-22(20)28(16-38(30,31)32)24(26)8-7-9-25-27(3,4)21-15-19(37-6)11-13-23(21)29(25)17-39(33,34)35/h7-15H,16-17H2,1-6H3,(H-,30,31,32,33,34,35)/p-1. The van der Waals surface area contributed by atoms with Crippen LogP contribution >= 0.6 is 0 Å². The summed E-state index contributed by atoms with van der Waals surface area (Å²) >= 11 is 0. The van der Waals surface area contributed by atoms with Crippen LogP contribution in [0.4, 0.5) is 11.4 Å². The summed E-state index contributed by atoms with van der Waals surface area (Å²) in [5.74, 6) is -0.337. The number of benzene rings is 2. The van der Waals surface area contributed by atoms with Gasteiger partial charge in [-0.2, -0.15) is 4.58 Å². The van der Waals surface area contributed by atoms with Gasteiger partial charge in [0, 0.05) is 34.5 Å². The fourth-order valence-corrected chi connectivity index (χ4v) is 6.58. The van der Waals surface area contributed by atoms with Gasteiger partial charge in [0.2, 0.25) is 11.6 Å². The van der Waals surface area contributed by atoms with Crippen LogP contribution in [0.25, 0.3) is 0 Å². The number of ether oxygens (including phenoxy) is 2. The average molecular weight is 576 g/mol. The fraction of sp³-hybridized carbons (Fsp3) is 0.370. The maximum Gasteiger partial charge on any atom is 0.237 e. The lowest BCUT2D eigenvalue weighted by Crippen LogP contribution is -2.31. The zero-order valence-electron chi connectivity index (χ0n) is 22.6. The fourth-order valence-electron chi connectivity index (χ4n) is 5.39. The third kappa shape index (κ3) is 5.46. The lowest BCUT2D eigenvalue weighted by Gasteiger charge is -2.27. The first kappa shape index (κ1) is 28.8. The lowest BCUT2D eigenvalue weighted by atomic mass is 9.81. The molecule has 0 aliphatic carbocycles. The molecule has 0 aromatic heterocycles. The van der Waals surface area contributed by atoms with Gasteiger partial charge in [0.25, 0.3) is 0 Å². The predicted octanol–water partition coefficient (Wildman–Crippen LogP) is 3.32. The van der Waals surface area contributed by atoms with Gasteiger partial charge in [0.15, 0.2) is 15.8 Å². The molecule has 0 radical (unpaired) electrons. The minimum atomic E-state index is -4.63. The Hall–Kier alpha value is -3.19. The Bertz CT molecular complexity index is 1640. The van der Waals surface area contributed by atoms with E-state index in [2.05, 4.69) is 0 Å². The van der Waals surface area contributed by atoms with Crippen molar-refractivity contribution in [2.75, 3.05) is 30.9 Å². The van der Waals surface area contributed by atoms with Crippen molar-refractivity contribution in [3.05, 3.63) is 71.5 Å². The number of methoxy groups -OCH3 is 2. The quantitative estimate of drug-likeness (QED) is 0.343. The molecular weight excluding hydrogens is 544 g/mol. The number of allylic oxidation sites excluding steroid dienone is 4. The van der Waals surface area contributed by atoms with Crippen molar-refractivity contribution in [1.29, 1.82) is 0 Å². The van der Waals surface area contributed by atoms with Crippen LogP contribution in [-0.2, 0) is 31.1 Å². The first-order valence-corrected chi connectivity index (χ1v) is 15.2. The molecule has 2 aliphatic heterocycles. The summed E-state index contributed by atoms with van der Waals surface area (Å²) in [4.78, 5) is 1.46. The molecule has 2 aromatic carbocycles. The minimum absolute atomic E-state index is 0.556. The van der Waals surface area contributed by atoms with Crippen molar-refractivity contribution in [2.45, 2.75) is 38.5 Å². The van der Waals surface area contributed by atoms with Crippen molar-refractivity contribution >= 4 is 37.3 Å². The molecule has 4 rings (SSSR count). The van der Waals surface area contributed by atoms with Gasteiger partial charge in [0.05, 0.1) is 19.6 Å². The Balaban J connectivity index is 1.85. The second-order valence-electron chi connectivity index (χ2n) is 10.5. The van der Waals surface area contributed by atoms with Crippen molar-refractivity contribution in [2.24, 2.45) is 0 Å². The van der Waals surface area contributed by atoms with E-state index < -0.39 is 42.8 Å². The lowest BCUT2D eigenvalue weighted by molar-refractivity contribution is -0.416. The normalized spacial score (nSPS) is 19.1. The molecule has 2 aliphatic rings. The van der Waals surface area contributed by atoms with Gasteiger partial charge >= 0.3 is 0 Å².